The van der Waals surface area contributed by atoms with Crippen LogP contribution in [0.1, 0.15) is 26.7 Å². The normalized spacial score (nSPS) is 11.0. The number of nitrogens with one attached hydrogen (secondary N) is 1. The number of para-hydroxylation sites is 1. The summed E-state index contributed by atoms with van der Waals surface area (Å²) in [6.07, 6.45) is 3.81. The molecule has 0 aliphatic carbocycles. The van der Waals surface area contributed by atoms with Gasteiger partial charge in [0.15, 0.2) is 0 Å². The molecule has 0 bridgehead atoms. The molecule has 5 heteroatoms. The van der Waals surface area contributed by atoms with Gasteiger partial charge in [0.1, 0.15) is 0 Å². The zero-order chi connectivity index (χ0) is 15.1. The van der Waals surface area contributed by atoms with Crippen molar-refractivity contribution in [3.8, 4) is 0 Å². The third-order valence-electron chi connectivity index (χ3n) is 3.19. The molecule has 21 heavy (non-hydrogen) atoms. The Bertz CT molecular complexity index is 594. The van der Waals surface area contributed by atoms with Gasteiger partial charge in [-0.2, -0.15) is 0 Å². The molecule has 0 atom stereocenters. The summed E-state index contributed by atoms with van der Waals surface area (Å²) in [5.41, 5.74) is 0.835. The molecule has 2 rings (SSSR count). The number of benzene rings is 1. The first-order valence-electron chi connectivity index (χ1n) is 7.47. The third kappa shape index (κ3) is 4.49. The summed E-state index contributed by atoms with van der Waals surface area (Å²) >= 11 is 0. The van der Waals surface area contributed by atoms with Gasteiger partial charge in [0.25, 0.3) is 0 Å². The number of amides is 1. The second-order valence-corrected chi connectivity index (χ2v) is 5.08. The standard InChI is InChI=1S/C16H22N4O/c1-3-9-20(10-4-2)12-15(21)19-16-17-11-13-7-5-6-8-14(13)18-16/h5-8,11H,3-4,9-10,12H2,1-2H3,(H,17,18,19,21). The minimum absolute atomic E-state index is 0.0628. The molecule has 1 amide bonds. The predicted octanol–water partition coefficient (Wildman–Crippen LogP) is 2.69. The maximum absolute atomic E-state index is 12.1. The van der Waals surface area contributed by atoms with Crippen molar-refractivity contribution in [2.45, 2.75) is 26.7 Å². The van der Waals surface area contributed by atoms with E-state index in [0.717, 1.165) is 36.8 Å². The second-order valence-electron chi connectivity index (χ2n) is 5.08. The van der Waals surface area contributed by atoms with Crippen LogP contribution in [0.4, 0.5) is 5.95 Å². The lowest BCUT2D eigenvalue weighted by atomic mass is 10.2. The quantitative estimate of drug-likeness (QED) is 0.850. The third-order valence-corrected chi connectivity index (χ3v) is 3.19. The minimum atomic E-state index is -0.0628. The van der Waals surface area contributed by atoms with Crippen LogP contribution < -0.4 is 5.32 Å². The SMILES string of the molecule is CCCN(CCC)CC(=O)Nc1ncc2ccccc2n1. The number of fused-ring (bicyclic) bond motifs is 1. The van der Waals surface area contributed by atoms with Crippen LogP contribution in [-0.4, -0.2) is 40.4 Å². The van der Waals surface area contributed by atoms with Crippen LogP contribution in [0.3, 0.4) is 0 Å². The van der Waals surface area contributed by atoms with E-state index in [0.29, 0.717) is 12.5 Å². The first-order chi connectivity index (χ1) is 10.2. The van der Waals surface area contributed by atoms with Gasteiger partial charge in [0.05, 0.1) is 12.1 Å². The van der Waals surface area contributed by atoms with Crippen LogP contribution in [0, 0.1) is 0 Å². The molecule has 1 heterocycles. The zero-order valence-corrected chi connectivity index (χ0v) is 12.7. The summed E-state index contributed by atoms with van der Waals surface area (Å²) in [7, 11) is 0. The topological polar surface area (TPSA) is 58.1 Å². The van der Waals surface area contributed by atoms with Crippen molar-refractivity contribution in [3.63, 3.8) is 0 Å². The number of aromatic nitrogens is 2. The largest absolute Gasteiger partial charge is 0.295 e. The van der Waals surface area contributed by atoms with E-state index in [1.165, 1.54) is 0 Å². The van der Waals surface area contributed by atoms with Gasteiger partial charge in [-0.05, 0) is 32.0 Å². The van der Waals surface area contributed by atoms with Crippen LogP contribution in [-0.2, 0) is 4.79 Å². The van der Waals surface area contributed by atoms with E-state index in [1.54, 1.807) is 6.20 Å². The first-order valence-corrected chi connectivity index (χ1v) is 7.47. The Hall–Kier alpha value is -2.01. The van der Waals surface area contributed by atoms with E-state index in [4.69, 9.17) is 0 Å². The number of nitrogens with zero attached hydrogens (tertiary/aromatic N) is 3. The average molecular weight is 286 g/mol. The summed E-state index contributed by atoms with van der Waals surface area (Å²) in [5, 5.41) is 3.75. The van der Waals surface area contributed by atoms with Gasteiger partial charge < -0.3 is 0 Å². The molecule has 1 N–H and O–H groups in total. The molecular formula is C16H22N4O. The van der Waals surface area contributed by atoms with Gasteiger partial charge in [-0.1, -0.05) is 32.0 Å². The molecule has 0 aliphatic heterocycles. The summed E-state index contributed by atoms with van der Waals surface area (Å²) in [6, 6.07) is 7.72. The molecule has 0 fully saturated rings. The Morgan fingerprint density at radius 3 is 2.62 bits per heavy atom. The van der Waals surface area contributed by atoms with Crippen molar-refractivity contribution in [1.29, 1.82) is 0 Å². The lowest BCUT2D eigenvalue weighted by Crippen LogP contribution is -2.34. The summed E-state index contributed by atoms with van der Waals surface area (Å²) in [6.45, 7) is 6.48. The van der Waals surface area contributed by atoms with Crippen molar-refractivity contribution in [1.82, 2.24) is 14.9 Å². The van der Waals surface area contributed by atoms with Gasteiger partial charge >= 0.3 is 0 Å². The van der Waals surface area contributed by atoms with Gasteiger partial charge in [0, 0.05) is 11.6 Å². The number of carbonyl (C=O) groups excluding carboxylic acids is 1. The fourth-order valence-electron chi connectivity index (χ4n) is 2.30. The summed E-state index contributed by atoms with van der Waals surface area (Å²) < 4.78 is 0. The first kappa shape index (κ1) is 15.4. The Morgan fingerprint density at radius 2 is 1.90 bits per heavy atom. The lowest BCUT2D eigenvalue weighted by Gasteiger charge is -2.19. The maximum atomic E-state index is 12.1. The van der Waals surface area contributed by atoms with E-state index < -0.39 is 0 Å². The monoisotopic (exact) mass is 286 g/mol. The van der Waals surface area contributed by atoms with Crippen LogP contribution in [0.25, 0.3) is 10.9 Å². The highest BCUT2D eigenvalue weighted by Crippen LogP contribution is 2.11. The molecule has 0 spiro atoms. The van der Waals surface area contributed by atoms with Crippen LogP contribution in [0.2, 0.25) is 0 Å². The van der Waals surface area contributed by atoms with E-state index in [2.05, 4.69) is 34.0 Å². The zero-order valence-electron chi connectivity index (χ0n) is 12.7. The van der Waals surface area contributed by atoms with Gasteiger partial charge in [-0.3, -0.25) is 15.0 Å². The van der Waals surface area contributed by atoms with Crippen LogP contribution >= 0.6 is 0 Å². The Labute approximate surface area is 125 Å². The van der Waals surface area contributed by atoms with E-state index >= 15 is 0 Å². The Kier molecular flexibility index (Phi) is 5.63. The molecule has 1 aromatic carbocycles. The Balaban J connectivity index is 2.00. The minimum Gasteiger partial charge on any atom is -0.295 e. The van der Waals surface area contributed by atoms with Crippen LogP contribution in [0.15, 0.2) is 30.5 Å². The molecule has 5 nitrogen and oxygen atoms in total. The summed E-state index contributed by atoms with van der Waals surface area (Å²) in [5.74, 6) is 0.304. The molecule has 0 aliphatic rings. The number of carbonyl (C=O) groups is 1. The molecule has 0 saturated heterocycles. The van der Waals surface area contributed by atoms with Gasteiger partial charge in [-0.15, -0.1) is 0 Å². The van der Waals surface area contributed by atoms with Crippen molar-refractivity contribution < 1.29 is 4.79 Å². The van der Waals surface area contributed by atoms with Crippen molar-refractivity contribution >= 4 is 22.8 Å². The van der Waals surface area contributed by atoms with E-state index in [1.807, 2.05) is 24.3 Å². The number of hydrogen-bond acceptors (Lipinski definition) is 4. The number of rotatable bonds is 7. The molecule has 0 radical (unpaired) electrons. The smallest absolute Gasteiger partial charge is 0.240 e. The number of anilines is 1. The van der Waals surface area contributed by atoms with Crippen molar-refractivity contribution in [2.75, 3.05) is 25.0 Å². The molecule has 112 valence electrons. The van der Waals surface area contributed by atoms with E-state index in [-0.39, 0.29) is 5.91 Å². The predicted molar refractivity (Wildman–Crippen MR) is 85.2 cm³/mol. The molecule has 0 saturated carbocycles. The number of hydrogen-bond donors (Lipinski definition) is 1. The molecule has 1 aromatic heterocycles. The average Bonchev–Trinajstić information content (AvgIpc) is 2.47. The lowest BCUT2D eigenvalue weighted by molar-refractivity contribution is -0.117. The summed E-state index contributed by atoms with van der Waals surface area (Å²) in [4.78, 5) is 22.8. The highest BCUT2D eigenvalue weighted by molar-refractivity contribution is 5.91. The maximum Gasteiger partial charge on any atom is 0.240 e. The molecular weight excluding hydrogens is 264 g/mol. The highest BCUT2D eigenvalue weighted by atomic mass is 16.2. The van der Waals surface area contributed by atoms with Crippen molar-refractivity contribution in [3.05, 3.63) is 30.5 Å². The van der Waals surface area contributed by atoms with E-state index in [9.17, 15) is 4.79 Å². The highest BCUT2D eigenvalue weighted by Gasteiger charge is 2.10. The molecule has 0 unspecified atom stereocenters. The fraction of sp³-hybridized carbons (Fsp3) is 0.438. The van der Waals surface area contributed by atoms with Gasteiger partial charge in [0.2, 0.25) is 11.9 Å². The Morgan fingerprint density at radius 1 is 1.19 bits per heavy atom. The van der Waals surface area contributed by atoms with Gasteiger partial charge in [-0.25, -0.2) is 9.97 Å². The fourth-order valence-corrected chi connectivity index (χ4v) is 2.30. The molecule has 2 aromatic rings. The van der Waals surface area contributed by atoms with Crippen molar-refractivity contribution in [2.24, 2.45) is 0 Å². The second kappa shape index (κ2) is 7.69. The van der Waals surface area contributed by atoms with Crippen LogP contribution in [0.5, 0.6) is 0 Å².